The number of sulfonamides is 1. The van der Waals surface area contributed by atoms with Crippen molar-refractivity contribution in [3.05, 3.63) is 22.2 Å². The van der Waals surface area contributed by atoms with Gasteiger partial charge in [0, 0.05) is 39.0 Å². The fourth-order valence-electron chi connectivity index (χ4n) is 1.67. The molecule has 1 aromatic carbocycles. The average molecular weight is 369 g/mol. The molecule has 0 radical (unpaired) electrons. The van der Waals surface area contributed by atoms with Gasteiger partial charge >= 0.3 is 0 Å². The zero-order valence-electron chi connectivity index (χ0n) is 10.9. The van der Waals surface area contributed by atoms with Crippen molar-refractivity contribution >= 4 is 42.4 Å². The highest BCUT2D eigenvalue weighted by Gasteiger charge is 2.21. The van der Waals surface area contributed by atoms with Crippen molar-refractivity contribution < 1.29 is 12.6 Å². The van der Waals surface area contributed by atoms with Crippen molar-refractivity contribution in [1.29, 1.82) is 0 Å². The molecule has 0 aliphatic rings. The lowest BCUT2D eigenvalue weighted by molar-refractivity contribution is 0.569. The molecule has 0 saturated carbocycles. The van der Waals surface area contributed by atoms with Gasteiger partial charge in [-0.15, -0.1) is 0 Å². The van der Waals surface area contributed by atoms with E-state index in [4.69, 9.17) is 5.73 Å². The Kier molecular flexibility index (Phi) is 5.54. The summed E-state index contributed by atoms with van der Waals surface area (Å²) in [5.74, 6) is 0.266. The second-order valence-electron chi connectivity index (χ2n) is 4.38. The molecule has 108 valence electrons. The van der Waals surface area contributed by atoms with Gasteiger partial charge in [0.2, 0.25) is 10.0 Å². The molecule has 8 heteroatoms. The van der Waals surface area contributed by atoms with Crippen LogP contribution in [0.1, 0.15) is 12.5 Å². The Bertz CT molecular complexity index is 602. The van der Waals surface area contributed by atoms with Gasteiger partial charge in [0.15, 0.2) is 0 Å². The fourth-order valence-corrected chi connectivity index (χ4v) is 4.73. The van der Waals surface area contributed by atoms with Crippen LogP contribution in [-0.2, 0) is 20.8 Å². The van der Waals surface area contributed by atoms with Crippen LogP contribution in [0.15, 0.2) is 21.5 Å². The number of rotatable bonds is 5. The monoisotopic (exact) mass is 368 g/mol. The number of anilines is 1. The molecule has 19 heavy (non-hydrogen) atoms. The maximum atomic E-state index is 12.3. The molecule has 0 aliphatic carbocycles. The molecule has 2 unspecified atom stereocenters. The van der Waals surface area contributed by atoms with Gasteiger partial charge in [0.1, 0.15) is 0 Å². The van der Waals surface area contributed by atoms with Crippen molar-refractivity contribution in [3.8, 4) is 0 Å². The summed E-state index contributed by atoms with van der Waals surface area (Å²) < 4.78 is 38.7. The Morgan fingerprint density at radius 3 is 2.58 bits per heavy atom. The van der Waals surface area contributed by atoms with Crippen LogP contribution in [0.5, 0.6) is 0 Å². The number of halogens is 1. The number of nitrogen functional groups attached to an aromatic ring is 1. The van der Waals surface area contributed by atoms with Crippen molar-refractivity contribution in [1.82, 2.24) is 4.72 Å². The van der Waals surface area contributed by atoms with E-state index in [1.165, 1.54) is 12.3 Å². The van der Waals surface area contributed by atoms with E-state index < -0.39 is 26.9 Å². The number of nitrogens with one attached hydrogen (secondary N) is 1. The van der Waals surface area contributed by atoms with E-state index in [0.717, 1.165) is 0 Å². The smallest absolute Gasteiger partial charge is 0.241 e. The van der Waals surface area contributed by atoms with Crippen molar-refractivity contribution in [2.45, 2.75) is 24.8 Å². The van der Waals surface area contributed by atoms with E-state index in [1.54, 1.807) is 19.9 Å². The lowest BCUT2D eigenvalue weighted by Crippen LogP contribution is -2.36. The summed E-state index contributed by atoms with van der Waals surface area (Å²) in [6.45, 7) is 3.33. The first kappa shape index (κ1) is 16.6. The molecule has 0 saturated heterocycles. The summed E-state index contributed by atoms with van der Waals surface area (Å²) in [6.07, 6.45) is 1.53. The summed E-state index contributed by atoms with van der Waals surface area (Å²) in [5, 5.41) is 0. The Morgan fingerprint density at radius 2 is 2.05 bits per heavy atom. The Hall–Kier alpha value is -0.440. The minimum absolute atomic E-state index is 0.133. The average Bonchev–Trinajstić information content (AvgIpc) is 2.20. The maximum Gasteiger partial charge on any atom is 0.241 e. The third-order valence-electron chi connectivity index (χ3n) is 2.50. The quantitative estimate of drug-likeness (QED) is 0.768. The predicted octanol–water partition coefficient (Wildman–Crippen LogP) is 1.39. The van der Waals surface area contributed by atoms with Gasteiger partial charge in [0.05, 0.1) is 4.90 Å². The van der Waals surface area contributed by atoms with Crippen molar-refractivity contribution in [2.24, 2.45) is 0 Å². The number of nitrogens with two attached hydrogens (primary N) is 1. The first-order chi connectivity index (χ1) is 8.63. The topological polar surface area (TPSA) is 89.3 Å². The van der Waals surface area contributed by atoms with E-state index in [2.05, 4.69) is 20.7 Å². The molecule has 0 bridgehead atoms. The molecule has 0 heterocycles. The Balaban J connectivity index is 3.11. The minimum Gasteiger partial charge on any atom is -0.398 e. The summed E-state index contributed by atoms with van der Waals surface area (Å²) in [4.78, 5) is 0.133. The SMILES string of the molecule is Cc1c(N)cc(Br)cc1S(=O)(=O)NC(C)CS(C)=O. The van der Waals surface area contributed by atoms with Crippen LogP contribution in [0.4, 0.5) is 5.69 Å². The van der Waals surface area contributed by atoms with Gasteiger partial charge in [-0.25, -0.2) is 13.1 Å². The van der Waals surface area contributed by atoms with Gasteiger partial charge in [-0.3, -0.25) is 4.21 Å². The van der Waals surface area contributed by atoms with Crippen LogP contribution in [0.3, 0.4) is 0 Å². The first-order valence-corrected chi connectivity index (χ1v) is 9.52. The lowest BCUT2D eigenvalue weighted by atomic mass is 10.2. The maximum absolute atomic E-state index is 12.3. The second-order valence-corrected chi connectivity index (χ2v) is 8.46. The largest absolute Gasteiger partial charge is 0.398 e. The van der Waals surface area contributed by atoms with Gasteiger partial charge in [0.25, 0.3) is 0 Å². The molecule has 0 fully saturated rings. The summed E-state index contributed by atoms with van der Waals surface area (Å²) in [7, 11) is -4.74. The Morgan fingerprint density at radius 1 is 1.47 bits per heavy atom. The predicted molar refractivity (Wildman–Crippen MR) is 82.0 cm³/mol. The van der Waals surface area contributed by atoms with E-state index >= 15 is 0 Å². The van der Waals surface area contributed by atoms with E-state index in [9.17, 15) is 12.6 Å². The minimum atomic E-state index is -3.68. The second kappa shape index (κ2) is 6.34. The molecule has 2 atom stereocenters. The number of hydrogen-bond donors (Lipinski definition) is 2. The molecule has 1 rings (SSSR count). The zero-order chi connectivity index (χ0) is 14.8. The normalized spacial score (nSPS) is 15.2. The first-order valence-electron chi connectivity index (χ1n) is 5.51. The molecule has 0 aromatic heterocycles. The van der Waals surface area contributed by atoms with Crippen molar-refractivity contribution in [2.75, 3.05) is 17.7 Å². The van der Waals surface area contributed by atoms with Crippen LogP contribution in [0, 0.1) is 6.92 Å². The zero-order valence-corrected chi connectivity index (χ0v) is 14.2. The number of benzene rings is 1. The number of hydrogen-bond acceptors (Lipinski definition) is 4. The third-order valence-corrected chi connectivity index (χ3v) is 5.64. The van der Waals surface area contributed by atoms with Gasteiger partial charge in [-0.1, -0.05) is 15.9 Å². The van der Waals surface area contributed by atoms with Crippen molar-refractivity contribution in [3.63, 3.8) is 0 Å². The highest BCUT2D eigenvalue weighted by molar-refractivity contribution is 9.10. The molecular weight excluding hydrogens is 352 g/mol. The van der Waals surface area contributed by atoms with Gasteiger partial charge in [-0.2, -0.15) is 0 Å². The molecule has 0 spiro atoms. The summed E-state index contributed by atoms with van der Waals surface area (Å²) >= 11 is 3.23. The molecule has 0 amide bonds. The van der Waals surface area contributed by atoms with Crippen LogP contribution >= 0.6 is 15.9 Å². The van der Waals surface area contributed by atoms with Crippen LogP contribution in [0.25, 0.3) is 0 Å². The lowest BCUT2D eigenvalue weighted by Gasteiger charge is -2.15. The third kappa shape index (κ3) is 4.55. The highest BCUT2D eigenvalue weighted by atomic mass is 79.9. The fraction of sp³-hybridized carbons (Fsp3) is 0.455. The Labute approximate surface area is 124 Å². The van der Waals surface area contributed by atoms with Crippen LogP contribution in [0.2, 0.25) is 0 Å². The molecule has 1 aromatic rings. The molecule has 0 aliphatic heterocycles. The standard InChI is InChI=1S/C11H17BrN2O3S2/c1-7(6-18(3)15)14-19(16,17)11-5-9(12)4-10(13)8(11)2/h4-5,7,14H,6,13H2,1-3H3. The summed E-state index contributed by atoms with van der Waals surface area (Å²) in [5.41, 5.74) is 6.66. The van der Waals surface area contributed by atoms with E-state index in [1.807, 2.05) is 0 Å². The van der Waals surface area contributed by atoms with Crippen LogP contribution in [-0.4, -0.2) is 30.7 Å². The molecule has 3 N–H and O–H groups in total. The van der Waals surface area contributed by atoms with Gasteiger partial charge < -0.3 is 5.73 Å². The van der Waals surface area contributed by atoms with E-state index in [0.29, 0.717) is 15.7 Å². The summed E-state index contributed by atoms with van der Waals surface area (Å²) in [6, 6.07) is 2.75. The van der Waals surface area contributed by atoms with E-state index in [-0.39, 0.29) is 10.6 Å². The van der Waals surface area contributed by atoms with Crippen LogP contribution < -0.4 is 10.5 Å². The molecular formula is C11H17BrN2O3S2. The molecule has 5 nitrogen and oxygen atoms in total. The van der Waals surface area contributed by atoms with Gasteiger partial charge in [-0.05, 0) is 31.5 Å². The highest BCUT2D eigenvalue weighted by Crippen LogP contribution is 2.26.